The smallest absolute Gasteiger partial charge is 0.322 e. The molecule has 0 bridgehead atoms. The Morgan fingerprint density at radius 2 is 2.00 bits per heavy atom. The van der Waals surface area contributed by atoms with E-state index >= 15 is 0 Å². The van der Waals surface area contributed by atoms with Gasteiger partial charge in [-0.05, 0) is 37.6 Å². The molecular weight excluding hydrogens is 299 g/mol. The molecule has 6 nitrogen and oxygen atoms in total. The van der Waals surface area contributed by atoms with E-state index in [2.05, 4.69) is 20.3 Å². The highest BCUT2D eigenvalue weighted by molar-refractivity contribution is 6.28. The minimum Gasteiger partial charge on any atom is -0.494 e. The van der Waals surface area contributed by atoms with Gasteiger partial charge in [0.05, 0.1) is 18.9 Å². The second-order valence-corrected chi connectivity index (χ2v) is 4.68. The molecule has 0 fully saturated rings. The van der Waals surface area contributed by atoms with E-state index in [1.165, 1.54) is 25.3 Å². The van der Waals surface area contributed by atoms with Gasteiger partial charge in [-0.2, -0.15) is 15.0 Å². The Morgan fingerprint density at radius 3 is 2.67 bits per heavy atom. The van der Waals surface area contributed by atoms with Crippen LogP contribution in [0.2, 0.25) is 5.28 Å². The lowest BCUT2D eigenvalue weighted by Crippen LogP contribution is -2.10. The molecule has 0 unspecified atom stereocenters. The summed E-state index contributed by atoms with van der Waals surface area (Å²) < 4.78 is 23.6. The lowest BCUT2D eigenvalue weighted by atomic mass is 10.3. The highest BCUT2D eigenvalue weighted by atomic mass is 35.5. The predicted molar refractivity (Wildman–Crippen MR) is 76.8 cm³/mol. The summed E-state index contributed by atoms with van der Waals surface area (Å²) in [6, 6.07) is 4.15. The van der Waals surface area contributed by atoms with Crippen LogP contribution in [0.4, 0.5) is 16.0 Å². The van der Waals surface area contributed by atoms with E-state index in [4.69, 9.17) is 21.1 Å². The molecular formula is C13H14ClFN4O2. The first-order valence-corrected chi connectivity index (χ1v) is 6.54. The molecule has 0 atom stereocenters. The zero-order valence-electron chi connectivity index (χ0n) is 11.7. The van der Waals surface area contributed by atoms with Crippen LogP contribution in [0, 0.1) is 5.82 Å². The van der Waals surface area contributed by atoms with E-state index in [1.807, 2.05) is 13.8 Å². The summed E-state index contributed by atoms with van der Waals surface area (Å²) in [5.74, 6) is 0.0864. The standard InChI is InChI=1S/C13H14ClFN4O2/c1-7(2)21-13-18-11(14)17-12(19-13)16-9-5-4-8(15)6-10(9)20-3/h4-7H,1-3H3,(H,16,17,18,19). The predicted octanol–water partition coefficient (Wildman–Crippen LogP) is 3.20. The van der Waals surface area contributed by atoms with Gasteiger partial charge in [0.2, 0.25) is 11.2 Å². The third kappa shape index (κ3) is 4.16. The summed E-state index contributed by atoms with van der Waals surface area (Å²) in [6.45, 7) is 3.68. The number of hydrogen-bond donors (Lipinski definition) is 1. The van der Waals surface area contributed by atoms with Crippen molar-refractivity contribution in [2.45, 2.75) is 20.0 Å². The maximum absolute atomic E-state index is 13.2. The molecule has 0 aliphatic carbocycles. The topological polar surface area (TPSA) is 69.2 Å². The van der Waals surface area contributed by atoms with Gasteiger partial charge in [-0.25, -0.2) is 4.39 Å². The number of benzene rings is 1. The molecule has 1 aromatic carbocycles. The first-order chi connectivity index (χ1) is 9.97. The molecule has 21 heavy (non-hydrogen) atoms. The van der Waals surface area contributed by atoms with E-state index < -0.39 is 5.82 Å². The van der Waals surface area contributed by atoms with Gasteiger partial charge in [-0.1, -0.05) is 0 Å². The van der Waals surface area contributed by atoms with Gasteiger partial charge < -0.3 is 14.8 Å². The Hall–Kier alpha value is -2.15. The fourth-order valence-corrected chi connectivity index (χ4v) is 1.69. The largest absolute Gasteiger partial charge is 0.494 e. The normalized spacial score (nSPS) is 10.6. The highest BCUT2D eigenvalue weighted by Gasteiger charge is 2.11. The summed E-state index contributed by atoms with van der Waals surface area (Å²) in [4.78, 5) is 11.9. The Bertz CT molecular complexity index is 640. The summed E-state index contributed by atoms with van der Waals surface area (Å²) in [5, 5.41) is 2.88. The number of aromatic nitrogens is 3. The molecule has 8 heteroatoms. The number of ether oxygens (including phenoxy) is 2. The van der Waals surface area contributed by atoms with Crippen LogP contribution >= 0.6 is 11.6 Å². The van der Waals surface area contributed by atoms with Crippen LogP contribution in [0.3, 0.4) is 0 Å². The lowest BCUT2D eigenvalue weighted by molar-refractivity contribution is 0.222. The minimum atomic E-state index is -0.407. The third-order valence-corrected chi connectivity index (χ3v) is 2.51. The summed E-state index contributed by atoms with van der Waals surface area (Å²) >= 11 is 5.83. The number of methoxy groups -OCH3 is 1. The monoisotopic (exact) mass is 312 g/mol. The van der Waals surface area contributed by atoms with E-state index in [0.717, 1.165) is 0 Å². The molecule has 0 aliphatic rings. The Balaban J connectivity index is 2.29. The molecule has 0 amide bonds. The molecule has 1 aromatic heterocycles. The van der Waals surface area contributed by atoms with E-state index in [1.54, 1.807) is 0 Å². The number of nitrogens with zero attached hydrogens (tertiary/aromatic N) is 3. The van der Waals surface area contributed by atoms with Crippen LogP contribution in [0.5, 0.6) is 11.8 Å². The Kier molecular flexibility index (Phi) is 4.74. The molecule has 1 heterocycles. The molecule has 0 spiro atoms. The molecule has 112 valence electrons. The van der Waals surface area contributed by atoms with Crippen molar-refractivity contribution in [3.63, 3.8) is 0 Å². The molecule has 0 radical (unpaired) electrons. The fraction of sp³-hybridized carbons (Fsp3) is 0.308. The average Bonchev–Trinajstić information content (AvgIpc) is 2.39. The number of rotatable bonds is 5. The maximum atomic E-state index is 13.2. The van der Waals surface area contributed by atoms with Crippen molar-refractivity contribution < 1.29 is 13.9 Å². The van der Waals surface area contributed by atoms with Gasteiger partial charge in [-0.15, -0.1) is 0 Å². The van der Waals surface area contributed by atoms with Gasteiger partial charge in [0, 0.05) is 6.07 Å². The van der Waals surface area contributed by atoms with Crippen molar-refractivity contribution in [1.29, 1.82) is 0 Å². The van der Waals surface area contributed by atoms with Crippen LogP contribution in [0.25, 0.3) is 0 Å². The molecule has 0 saturated heterocycles. The van der Waals surface area contributed by atoms with E-state index in [9.17, 15) is 4.39 Å². The van der Waals surface area contributed by atoms with Gasteiger partial charge >= 0.3 is 6.01 Å². The number of halogens is 2. The SMILES string of the molecule is COc1cc(F)ccc1Nc1nc(Cl)nc(OC(C)C)n1. The zero-order valence-corrected chi connectivity index (χ0v) is 12.5. The first-order valence-electron chi connectivity index (χ1n) is 6.16. The van der Waals surface area contributed by atoms with Crippen LogP contribution in [-0.4, -0.2) is 28.2 Å². The van der Waals surface area contributed by atoms with Gasteiger partial charge in [0.1, 0.15) is 11.6 Å². The van der Waals surface area contributed by atoms with Gasteiger partial charge in [0.15, 0.2) is 0 Å². The number of hydrogen-bond acceptors (Lipinski definition) is 6. The van der Waals surface area contributed by atoms with E-state index in [-0.39, 0.29) is 23.3 Å². The van der Waals surface area contributed by atoms with E-state index in [0.29, 0.717) is 11.4 Å². The highest BCUT2D eigenvalue weighted by Crippen LogP contribution is 2.27. The third-order valence-electron chi connectivity index (χ3n) is 2.34. The van der Waals surface area contributed by atoms with Crippen LogP contribution in [0.15, 0.2) is 18.2 Å². The van der Waals surface area contributed by atoms with Crippen molar-refractivity contribution in [2.24, 2.45) is 0 Å². The first kappa shape index (κ1) is 15.2. The fourth-order valence-electron chi connectivity index (χ4n) is 1.54. The van der Waals surface area contributed by atoms with Crippen molar-refractivity contribution >= 4 is 23.2 Å². The minimum absolute atomic E-state index is 0.00997. The number of anilines is 2. The lowest BCUT2D eigenvalue weighted by Gasteiger charge is -2.12. The van der Waals surface area contributed by atoms with Crippen molar-refractivity contribution in [3.05, 3.63) is 29.3 Å². The summed E-state index contributed by atoms with van der Waals surface area (Å²) in [7, 11) is 1.44. The van der Waals surface area contributed by atoms with Crippen LogP contribution < -0.4 is 14.8 Å². The van der Waals surface area contributed by atoms with Crippen molar-refractivity contribution in [1.82, 2.24) is 15.0 Å². The molecule has 0 aliphatic heterocycles. The Morgan fingerprint density at radius 1 is 1.24 bits per heavy atom. The second kappa shape index (κ2) is 6.53. The second-order valence-electron chi connectivity index (χ2n) is 4.35. The molecule has 0 saturated carbocycles. The van der Waals surface area contributed by atoms with Crippen LogP contribution in [-0.2, 0) is 0 Å². The maximum Gasteiger partial charge on any atom is 0.322 e. The van der Waals surface area contributed by atoms with Crippen molar-refractivity contribution in [3.8, 4) is 11.8 Å². The van der Waals surface area contributed by atoms with Gasteiger partial charge in [-0.3, -0.25) is 0 Å². The zero-order chi connectivity index (χ0) is 15.4. The molecule has 2 aromatic rings. The Labute approximate surface area is 126 Å². The summed E-state index contributed by atoms with van der Waals surface area (Å²) in [5.41, 5.74) is 0.497. The quantitative estimate of drug-likeness (QED) is 0.914. The van der Waals surface area contributed by atoms with Crippen molar-refractivity contribution in [2.75, 3.05) is 12.4 Å². The molecule has 1 N–H and O–H groups in total. The number of nitrogens with one attached hydrogen (secondary N) is 1. The molecule has 2 rings (SSSR count). The van der Waals surface area contributed by atoms with Gasteiger partial charge in [0.25, 0.3) is 0 Å². The van der Waals surface area contributed by atoms with Crippen LogP contribution in [0.1, 0.15) is 13.8 Å². The summed E-state index contributed by atoms with van der Waals surface area (Å²) in [6.07, 6.45) is -0.100. The average molecular weight is 313 g/mol.